The second-order valence-electron chi connectivity index (χ2n) is 7.88. The maximum absolute atomic E-state index is 13.5. The van der Waals surface area contributed by atoms with Crippen LogP contribution in [0.2, 0.25) is 0 Å². The van der Waals surface area contributed by atoms with E-state index in [0.717, 1.165) is 12.0 Å². The van der Waals surface area contributed by atoms with Gasteiger partial charge in [-0.25, -0.2) is 23.9 Å². The number of carboxylic acid groups (broad SMARTS) is 2. The zero-order valence-corrected chi connectivity index (χ0v) is 19.2. The Morgan fingerprint density at radius 1 is 1.11 bits per heavy atom. The van der Waals surface area contributed by atoms with Gasteiger partial charge in [-0.3, -0.25) is 4.79 Å². The quantitative estimate of drug-likeness (QED) is 0.218. The fraction of sp³-hybridized carbons (Fsp3) is 0.318. The topological polar surface area (TPSA) is 219 Å². The number of aliphatic carboxylic acids is 2. The smallest absolute Gasteiger partial charge is 0.338 e. The molecule has 0 saturated heterocycles. The molecule has 0 radical (unpaired) electrons. The Labute approximate surface area is 204 Å². The molecule has 36 heavy (non-hydrogen) atoms. The van der Waals surface area contributed by atoms with Crippen molar-refractivity contribution in [3.63, 3.8) is 0 Å². The number of carbonyl (C=O) groups excluding carboxylic acids is 1. The molecule has 1 unspecified atom stereocenters. The lowest BCUT2D eigenvalue weighted by atomic mass is 10.0. The summed E-state index contributed by atoms with van der Waals surface area (Å²) in [5.41, 5.74) is 14.2. The molecule has 8 N–H and O–H groups in total. The second kappa shape index (κ2) is 11.2. The lowest BCUT2D eigenvalue weighted by Crippen LogP contribution is -2.43. The number of nitrogen functional groups attached to an aromatic ring is 2. The number of aromatic nitrogens is 4. The fourth-order valence-electron chi connectivity index (χ4n) is 3.41. The first-order chi connectivity index (χ1) is 17.1. The standard InChI is InChI=1S/C22H25FN8O5/c1-2-3-10-6-11(19(32)29-15(21(35)36)7-13(23)20(33)34)4-5-14(10)26-8-12-9-27-18-16(28-12)17(24)30-22(25)31-18/h4-6,9,13,15,26H,2-3,7-8H2,1H3,(H,29,32)(H,33,34)(H,35,36)(H4,24,25,27,30,31)/t13?,15-/m0/s1. The largest absolute Gasteiger partial charge is 0.480 e. The number of nitrogens with zero attached hydrogens (tertiary/aromatic N) is 4. The fourth-order valence-corrected chi connectivity index (χ4v) is 3.41. The number of carbonyl (C=O) groups is 3. The molecule has 2 atom stereocenters. The van der Waals surface area contributed by atoms with Crippen LogP contribution < -0.4 is 22.1 Å². The van der Waals surface area contributed by atoms with Crippen LogP contribution in [0.4, 0.5) is 21.8 Å². The minimum atomic E-state index is -2.42. The molecule has 0 aliphatic rings. The van der Waals surface area contributed by atoms with Crippen LogP contribution in [0, 0.1) is 0 Å². The Bertz CT molecular complexity index is 1300. The zero-order chi connectivity index (χ0) is 26.4. The Kier molecular flexibility index (Phi) is 8.09. The summed E-state index contributed by atoms with van der Waals surface area (Å²) in [5, 5.41) is 23.3. The van der Waals surface area contributed by atoms with Gasteiger partial charge < -0.3 is 32.3 Å². The summed E-state index contributed by atoms with van der Waals surface area (Å²) in [7, 11) is 0. The highest BCUT2D eigenvalue weighted by Crippen LogP contribution is 2.21. The van der Waals surface area contributed by atoms with Crippen molar-refractivity contribution in [3.05, 3.63) is 41.2 Å². The number of halogens is 1. The minimum absolute atomic E-state index is 0.00502. The van der Waals surface area contributed by atoms with E-state index >= 15 is 0 Å². The summed E-state index contributed by atoms with van der Waals surface area (Å²) < 4.78 is 13.5. The van der Waals surface area contributed by atoms with E-state index in [-0.39, 0.29) is 29.5 Å². The van der Waals surface area contributed by atoms with Gasteiger partial charge in [0.2, 0.25) is 5.95 Å². The van der Waals surface area contributed by atoms with E-state index in [1.165, 1.54) is 12.3 Å². The van der Waals surface area contributed by atoms with Crippen molar-refractivity contribution in [1.82, 2.24) is 25.3 Å². The van der Waals surface area contributed by atoms with Gasteiger partial charge in [-0.05, 0) is 30.2 Å². The van der Waals surface area contributed by atoms with E-state index in [0.29, 0.717) is 23.3 Å². The number of nitrogens with two attached hydrogens (primary N) is 2. The maximum atomic E-state index is 13.5. The molecule has 0 bridgehead atoms. The number of aryl methyl sites for hydroxylation is 1. The van der Waals surface area contributed by atoms with Crippen LogP contribution in [0.1, 0.15) is 41.4 Å². The van der Waals surface area contributed by atoms with Gasteiger partial charge in [0.25, 0.3) is 5.91 Å². The first-order valence-electron chi connectivity index (χ1n) is 10.9. The van der Waals surface area contributed by atoms with Crippen LogP contribution in [0.25, 0.3) is 11.2 Å². The SMILES string of the molecule is CCCc1cc(C(=O)N[C@@H](CC(F)C(=O)O)C(=O)O)ccc1NCc1cnc2nc(N)nc(N)c2n1. The van der Waals surface area contributed by atoms with E-state index in [1.807, 2.05) is 6.92 Å². The van der Waals surface area contributed by atoms with Crippen LogP contribution >= 0.6 is 0 Å². The van der Waals surface area contributed by atoms with Crippen molar-refractivity contribution in [3.8, 4) is 0 Å². The maximum Gasteiger partial charge on any atom is 0.338 e. The van der Waals surface area contributed by atoms with E-state index < -0.39 is 36.5 Å². The van der Waals surface area contributed by atoms with Crippen molar-refractivity contribution in [2.75, 3.05) is 16.8 Å². The molecule has 0 saturated carbocycles. The van der Waals surface area contributed by atoms with Crippen molar-refractivity contribution in [1.29, 1.82) is 0 Å². The molecule has 3 rings (SSSR count). The molecule has 0 aliphatic carbocycles. The van der Waals surface area contributed by atoms with E-state index in [2.05, 4.69) is 30.6 Å². The predicted octanol–water partition coefficient (Wildman–Crippen LogP) is 1.14. The number of fused-ring (bicyclic) bond motifs is 1. The predicted molar refractivity (Wildman–Crippen MR) is 128 cm³/mol. The Morgan fingerprint density at radius 2 is 1.86 bits per heavy atom. The Balaban J connectivity index is 1.76. The molecular weight excluding hydrogens is 475 g/mol. The molecule has 13 nitrogen and oxygen atoms in total. The number of rotatable bonds is 11. The molecule has 2 aromatic heterocycles. The molecule has 190 valence electrons. The third-order valence-electron chi connectivity index (χ3n) is 5.16. The normalized spacial score (nSPS) is 12.6. The van der Waals surface area contributed by atoms with Crippen LogP contribution in [-0.2, 0) is 22.6 Å². The lowest BCUT2D eigenvalue weighted by molar-refractivity contribution is -0.145. The first-order valence-corrected chi connectivity index (χ1v) is 10.9. The monoisotopic (exact) mass is 500 g/mol. The lowest BCUT2D eigenvalue weighted by Gasteiger charge is -2.17. The summed E-state index contributed by atoms with van der Waals surface area (Å²) in [6.45, 7) is 2.22. The molecule has 3 aromatic rings. The molecule has 0 aliphatic heterocycles. The second-order valence-corrected chi connectivity index (χ2v) is 7.88. The minimum Gasteiger partial charge on any atom is -0.480 e. The summed E-state index contributed by atoms with van der Waals surface area (Å²) in [6, 6.07) is 3.01. The van der Waals surface area contributed by atoms with Gasteiger partial charge in [0.1, 0.15) is 6.04 Å². The van der Waals surface area contributed by atoms with Gasteiger partial charge >= 0.3 is 11.9 Å². The Morgan fingerprint density at radius 3 is 2.53 bits per heavy atom. The van der Waals surface area contributed by atoms with Gasteiger partial charge in [-0.1, -0.05) is 13.3 Å². The van der Waals surface area contributed by atoms with E-state index in [1.54, 1.807) is 12.1 Å². The third kappa shape index (κ3) is 6.28. The van der Waals surface area contributed by atoms with Crippen molar-refractivity contribution in [2.45, 2.75) is 44.9 Å². The molecule has 0 spiro atoms. The average molecular weight is 500 g/mol. The first kappa shape index (κ1) is 26.0. The molecule has 0 fully saturated rings. The molecular formula is C22H25FN8O5. The number of carboxylic acids is 2. The van der Waals surface area contributed by atoms with Gasteiger partial charge in [-0.15, -0.1) is 0 Å². The highest BCUT2D eigenvalue weighted by molar-refractivity contribution is 5.97. The summed E-state index contributed by atoms with van der Waals surface area (Å²) in [5.74, 6) is -4.00. The van der Waals surface area contributed by atoms with Crippen molar-refractivity contribution in [2.24, 2.45) is 0 Å². The summed E-state index contributed by atoms with van der Waals surface area (Å²) in [4.78, 5) is 51.2. The van der Waals surface area contributed by atoms with Crippen LogP contribution in [0.15, 0.2) is 24.4 Å². The van der Waals surface area contributed by atoms with Crippen LogP contribution in [-0.4, -0.2) is 60.2 Å². The van der Waals surface area contributed by atoms with Crippen LogP contribution in [0.5, 0.6) is 0 Å². The average Bonchev–Trinajstić information content (AvgIpc) is 2.82. The van der Waals surface area contributed by atoms with Crippen molar-refractivity contribution < 1.29 is 29.0 Å². The highest BCUT2D eigenvalue weighted by atomic mass is 19.1. The van der Waals surface area contributed by atoms with E-state index in [4.69, 9.17) is 16.6 Å². The molecule has 1 amide bonds. The zero-order valence-electron chi connectivity index (χ0n) is 19.2. The summed E-state index contributed by atoms with van der Waals surface area (Å²) in [6.07, 6.45) is -0.451. The molecule has 2 heterocycles. The number of benzene rings is 1. The molecule has 14 heteroatoms. The van der Waals surface area contributed by atoms with Gasteiger partial charge in [0.05, 0.1) is 18.4 Å². The van der Waals surface area contributed by atoms with Gasteiger partial charge in [0.15, 0.2) is 23.2 Å². The molecule has 1 aromatic carbocycles. The number of hydrogen-bond donors (Lipinski definition) is 6. The third-order valence-corrected chi connectivity index (χ3v) is 5.16. The van der Waals surface area contributed by atoms with Gasteiger partial charge in [-0.2, -0.15) is 9.97 Å². The Hall–Kier alpha value is -4.62. The number of nitrogens with one attached hydrogen (secondary N) is 2. The van der Waals surface area contributed by atoms with Crippen molar-refractivity contribution >= 4 is 46.5 Å². The number of alkyl halides is 1. The number of amides is 1. The highest BCUT2D eigenvalue weighted by Gasteiger charge is 2.28. The number of anilines is 3. The van der Waals surface area contributed by atoms with Gasteiger partial charge in [0, 0.05) is 17.7 Å². The van der Waals surface area contributed by atoms with E-state index in [9.17, 15) is 23.9 Å². The van der Waals surface area contributed by atoms with Crippen LogP contribution in [0.3, 0.4) is 0 Å². The number of hydrogen-bond acceptors (Lipinski definition) is 10. The summed E-state index contributed by atoms with van der Waals surface area (Å²) >= 11 is 0.